The van der Waals surface area contributed by atoms with Crippen LogP contribution in [0.4, 0.5) is 5.00 Å². The summed E-state index contributed by atoms with van der Waals surface area (Å²) < 4.78 is 0. The topological polar surface area (TPSA) is 95.6 Å². The summed E-state index contributed by atoms with van der Waals surface area (Å²) in [5.74, 6) is -0.919. The molecule has 0 atom stereocenters. The molecule has 0 unspecified atom stereocenters. The van der Waals surface area contributed by atoms with Gasteiger partial charge in [-0.3, -0.25) is 24.1 Å². The minimum absolute atomic E-state index is 0.158. The molecule has 1 aromatic carbocycles. The van der Waals surface area contributed by atoms with Crippen LogP contribution < -0.4 is 10.6 Å². The third-order valence-corrected chi connectivity index (χ3v) is 5.96. The number of hydrogen-bond acceptors (Lipinski definition) is 5. The molecule has 0 radical (unpaired) electrons. The predicted molar refractivity (Wildman–Crippen MR) is 111 cm³/mol. The van der Waals surface area contributed by atoms with Gasteiger partial charge in [-0.2, -0.15) is 0 Å². The number of aryl methyl sites for hydroxylation is 1. The second kappa shape index (κ2) is 9.19. The molecule has 1 aliphatic heterocycles. The summed E-state index contributed by atoms with van der Waals surface area (Å²) in [5.41, 5.74) is 1.10. The number of carbonyl (C=O) groups excluding carboxylic acids is 4. The summed E-state index contributed by atoms with van der Waals surface area (Å²) in [4.78, 5) is 49.7. The Labute approximate surface area is 177 Å². The molecule has 2 heterocycles. The maximum absolute atomic E-state index is 12.4. The fourth-order valence-electron chi connectivity index (χ4n) is 2.99. The molecule has 4 amide bonds. The minimum Gasteiger partial charge on any atom is -0.351 e. The number of nitrogens with zero attached hydrogens (tertiary/aromatic N) is 1. The quantitative estimate of drug-likeness (QED) is 0.517. The van der Waals surface area contributed by atoms with E-state index in [1.165, 1.54) is 16.2 Å². The second-order valence-corrected chi connectivity index (χ2v) is 8.06. The molecule has 1 fully saturated rings. The van der Waals surface area contributed by atoms with Gasteiger partial charge >= 0.3 is 0 Å². The molecule has 29 heavy (non-hydrogen) atoms. The van der Waals surface area contributed by atoms with Gasteiger partial charge in [0, 0.05) is 25.9 Å². The van der Waals surface area contributed by atoms with Gasteiger partial charge in [0.2, 0.25) is 11.8 Å². The highest BCUT2D eigenvalue weighted by molar-refractivity contribution is 7.18. The van der Waals surface area contributed by atoms with Crippen LogP contribution in [0.5, 0.6) is 0 Å². The fourth-order valence-corrected chi connectivity index (χ4v) is 4.19. The number of thiophene rings is 1. The molecule has 7 nitrogen and oxygen atoms in total. The normalized spacial score (nSPS) is 13.7. The minimum atomic E-state index is -0.344. The Morgan fingerprint density at radius 2 is 1.83 bits per heavy atom. The van der Waals surface area contributed by atoms with E-state index >= 15 is 0 Å². The van der Waals surface area contributed by atoms with Gasteiger partial charge in [-0.1, -0.05) is 23.7 Å². The number of amides is 4. The van der Waals surface area contributed by atoms with E-state index < -0.39 is 0 Å². The van der Waals surface area contributed by atoms with Crippen molar-refractivity contribution in [1.29, 1.82) is 0 Å². The Hall–Kier alpha value is -2.71. The van der Waals surface area contributed by atoms with Crippen molar-refractivity contribution in [1.82, 2.24) is 10.2 Å². The van der Waals surface area contributed by atoms with Crippen molar-refractivity contribution in [3.8, 4) is 0 Å². The highest BCUT2D eigenvalue weighted by Crippen LogP contribution is 2.27. The first-order valence-electron chi connectivity index (χ1n) is 9.14. The highest BCUT2D eigenvalue weighted by atomic mass is 35.5. The van der Waals surface area contributed by atoms with Gasteiger partial charge in [-0.25, -0.2) is 0 Å². The van der Waals surface area contributed by atoms with E-state index in [2.05, 4.69) is 10.6 Å². The van der Waals surface area contributed by atoms with Crippen LogP contribution in [-0.4, -0.2) is 41.6 Å². The van der Waals surface area contributed by atoms with Crippen LogP contribution in [0.2, 0.25) is 5.02 Å². The van der Waals surface area contributed by atoms with Gasteiger partial charge in [-0.05, 0) is 37.1 Å². The lowest BCUT2D eigenvalue weighted by Gasteiger charge is -2.13. The van der Waals surface area contributed by atoms with Gasteiger partial charge in [0.25, 0.3) is 11.8 Å². The van der Waals surface area contributed by atoms with Gasteiger partial charge in [-0.15, -0.1) is 11.3 Å². The summed E-state index contributed by atoms with van der Waals surface area (Å²) >= 11 is 7.22. The molecule has 152 valence electrons. The molecule has 1 aromatic heterocycles. The van der Waals surface area contributed by atoms with E-state index in [-0.39, 0.29) is 36.5 Å². The zero-order chi connectivity index (χ0) is 21.0. The van der Waals surface area contributed by atoms with Crippen LogP contribution in [0.25, 0.3) is 0 Å². The Bertz CT molecular complexity index is 956. The lowest BCUT2D eigenvalue weighted by atomic mass is 10.2. The first kappa shape index (κ1) is 21.0. The maximum atomic E-state index is 12.4. The van der Waals surface area contributed by atoms with Gasteiger partial charge < -0.3 is 10.6 Å². The Balaban J connectivity index is 1.53. The van der Waals surface area contributed by atoms with Crippen molar-refractivity contribution in [2.75, 3.05) is 18.4 Å². The van der Waals surface area contributed by atoms with E-state index in [4.69, 9.17) is 11.6 Å². The molecule has 3 rings (SSSR count). The monoisotopic (exact) mass is 433 g/mol. The molecule has 2 aromatic rings. The predicted octanol–water partition coefficient (Wildman–Crippen LogP) is 3.23. The van der Waals surface area contributed by atoms with E-state index in [1.807, 2.05) is 0 Å². The molecule has 0 spiro atoms. The second-order valence-electron chi connectivity index (χ2n) is 6.61. The number of halogens is 1. The van der Waals surface area contributed by atoms with Crippen LogP contribution in [0, 0.1) is 6.92 Å². The van der Waals surface area contributed by atoms with Crippen LogP contribution in [0.1, 0.15) is 44.9 Å². The number of nitrogens with one attached hydrogen (secondary N) is 2. The first-order valence-corrected chi connectivity index (χ1v) is 10.3. The summed E-state index contributed by atoms with van der Waals surface area (Å²) in [6.07, 6.45) is 1.02. The van der Waals surface area contributed by atoms with Crippen molar-refractivity contribution in [3.63, 3.8) is 0 Å². The average Bonchev–Trinajstić information content (AvgIpc) is 3.21. The van der Waals surface area contributed by atoms with Crippen LogP contribution in [0.15, 0.2) is 30.3 Å². The maximum Gasteiger partial charge on any atom is 0.261 e. The SMILES string of the molecule is Cc1cc(NC(=O)c2ccccc2Cl)sc1C(=O)NCCCN1C(=O)CCC1=O. The number of likely N-dealkylation sites (tertiary alicyclic amines) is 1. The fraction of sp³-hybridized carbons (Fsp3) is 0.300. The van der Waals surface area contributed by atoms with Crippen molar-refractivity contribution in [2.45, 2.75) is 26.2 Å². The zero-order valence-corrected chi connectivity index (χ0v) is 17.4. The lowest BCUT2D eigenvalue weighted by molar-refractivity contribution is -0.138. The standard InChI is InChI=1S/C20H20ClN3O4S/c1-12-11-15(23-19(27)13-5-2-3-6-14(13)21)29-18(12)20(28)22-9-4-10-24-16(25)7-8-17(24)26/h2-3,5-6,11H,4,7-10H2,1H3,(H,22,28)(H,23,27). The Morgan fingerprint density at radius 1 is 1.14 bits per heavy atom. The van der Waals surface area contributed by atoms with Crippen molar-refractivity contribution in [2.24, 2.45) is 0 Å². The van der Waals surface area contributed by atoms with Crippen molar-refractivity contribution < 1.29 is 19.2 Å². The number of anilines is 1. The summed E-state index contributed by atoms with van der Waals surface area (Å²) in [7, 11) is 0. The zero-order valence-electron chi connectivity index (χ0n) is 15.8. The van der Waals surface area contributed by atoms with Gasteiger partial charge in [0.05, 0.1) is 20.5 Å². The summed E-state index contributed by atoms with van der Waals surface area (Å²) in [6.45, 7) is 2.44. The summed E-state index contributed by atoms with van der Waals surface area (Å²) in [6, 6.07) is 8.46. The molecule has 9 heteroatoms. The highest BCUT2D eigenvalue weighted by Gasteiger charge is 2.28. The molecule has 2 N–H and O–H groups in total. The molecule has 1 saturated heterocycles. The molecule has 1 aliphatic rings. The van der Waals surface area contributed by atoms with E-state index in [1.54, 1.807) is 37.3 Å². The number of rotatable bonds is 7. The molecule has 0 bridgehead atoms. The Kier molecular flexibility index (Phi) is 6.66. The largest absolute Gasteiger partial charge is 0.351 e. The van der Waals surface area contributed by atoms with Crippen LogP contribution in [-0.2, 0) is 9.59 Å². The summed E-state index contributed by atoms with van der Waals surface area (Å²) in [5, 5.41) is 6.45. The van der Waals surface area contributed by atoms with Gasteiger partial charge in [0.1, 0.15) is 0 Å². The number of imide groups is 1. The average molecular weight is 434 g/mol. The number of benzene rings is 1. The molecular formula is C20H20ClN3O4S. The van der Waals surface area contributed by atoms with Crippen molar-refractivity contribution in [3.05, 3.63) is 51.4 Å². The number of carbonyl (C=O) groups is 4. The van der Waals surface area contributed by atoms with Crippen LogP contribution >= 0.6 is 22.9 Å². The first-order chi connectivity index (χ1) is 13.9. The van der Waals surface area contributed by atoms with Crippen molar-refractivity contribution >= 4 is 51.6 Å². The van der Waals surface area contributed by atoms with Crippen LogP contribution in [0.3, 0.4) is 0 Å². The van der Waals surface area contributed by atoms with E-state index in [9.17, 15) is 19.2 Å². The Morgan fingerprint density at radius 3 is 2.52 bits per heavy atom. The van der Waals surface area contributed by atoms with E-state index in [0.717, 1.165) is 5.56 Å². The van der Waals surface area contributed by atoms with E-state index in [0.29, 0.717) is 40.0 Å². The molecule has 0 saturated carbocycles. The molecule has 0 aliphatic carbocycles. The van der Waals surface area contributed by atoms with Gasteiger partial charge in [0.15, 0.2) is 0 Å². The third kappa shape index (κ3) is 5.02. The number of hydrogen-bond donors (Lipinski definition) is 2. The molecular weight excluding hydrogens is 414 g/mol. The third-order valence-electron chi connectivity index (χ3n) is 4.48. The lowest BCUT2D eigenvalue weighted by Crippen LogP contribution is -2.33. The smallest absolute Gasteiger partial charge is 0.261 e.